The Morgan fingerprint density at radius 3 is 2.58 bits per heavy atom. The summed E-state index contributed by atoms with van der Waals surface area (Å²) in [4.78, 5) is 0. The number of ether oxygens (including phenoxy) is 3. The molecule has 0 bridgehead atoms. The Bertz CT molecular complexity index is 357. The highest BCUT2D eigenvalue weighted by molar-refractivity contribution is 5.35. The van der Waals surface area contributed by atoms with E-state index in [-0.39, 0.29) is 12.2 Å². The third-order valence-electron chi connectivity index (χ3n) is 2.86. The van der Waals surface area contributed by atoms with Gasteiger partial charge in [0.25, 0.3) is 0 Å². The van der Waals surface area contributed by atoms with E-state index in [1.165, 1.54) is 0 Å². The van der Waals surface area contributed by atoms with E-state index in [4.69, 9.17) is 14.2 Å². The number of hydrogen-bond donors (Lipinski definition) is 1. The van der Waals surface area contributed by atoms with Gasteiger partial charge in [0.15, 0.2) is 0 Å². The summed E-state index contributed by atoms with van der Waals surface area (Å²) < 4.78 is 16.6. The zero-order valence-corrected chi connectivity index (χ0v) is 12.3. The van der Waals surface area contributed by atoms with Crippen LogP contribution in [0, 0.1) is 0 Å². The maximum absolute atomic E-state index is 6.05. The van der Waals surface area contributed by atoms with Gasteiger partial charge in [-0.05, 0) is 19.5 Å². The van der Waals surface area contributed by atoms with E-state index in [0.29, 0.717) is 6.61 Å². The van der Waals surface area contributed by atoms with Crippen LogP contribution in [-0.4, -0.2) is 40.0 Å². The molecule has 0 heterocycles. The molecule has 0 amide bonds. The van der Waals surface area contributed by atoms with Gasteiger partial charge < -0.3 is 19.5 Å². The van der Waals surface area contributed by atoms with Gasteiger partial charge in [-0.15, -0.1) is 0 Å². The van der Waals surface area contributed by atoms with Crippen LogP contribution in [0.2, 0.25) is 0 Å². The number of nitrogens with one attached hydrogen (secondary N) is 1. The molecule has 1 aromatic carbocycles. The van der Waals surface area contributed by atoms with Crippen LogP contribution in [0.3, 0.4) is 0 Å². The summed E-state index contributed by atoms with van der Waals surface area (Å²) in [6.07, 6.45) is -0.000168. The van der Waals surface area contributed by atoms with Gasteiger partial charge in [0.1, 0.15) is 5.75 Å². The second-order valence-electron chi connectivity index (χ2n) is 4.44. The fourth-order valence-corrected chi connectivity index (χ4v) is 1.99. The van der Waals surface area contributed by atoms with Crippen LogP contribution < -0.4 is 10.1 Å². The average molecular weight is 267 g/mol. The molecule has 2 unspecified atom stereocenters. The number of rotatable bonds is 9. The molecule has 4 nitrogen and oxygen atoms in total. The smallest absolute Gasteiger partial charge is 0.124 e. The van der Waals surface area contributed by atoms with E-state index < -0.39 is 0 Å². The van der Waals surface area contributed by atoms with Crippen molar-refractivity contribution in [1.82, 2.24) is 5.32 Å². The van der Waals surface area contributed by atoms with Crippen LogP contribution in [0.25, 0.3) is 0 Å². The number of hydrogen-bond acceptors (Lipinski definition) is 4. The van der Waals surface area contributed by atoms with Crippen LogP contribution in [0.5, 0.6) is 5.75 Å². The van der Waals surface area contributed by atoms with E-state index in [1.807, 2.05) is 31.2 Å². The topological polar surface area (TPSA) is 39.7 Å². The van der Waals surface area contributed by atoms with Gasteiger partial charge in [-0.1, -0.05) is 25.1 Å². The molecular weight excluding hydrogens is 242 g/mol. The lowest BCUT2D eigenvalue weighted by Crippen LogP contribution is -2.27. The largest absolute Gasteiger partial charge is 0.496 e. The molecule has 1 aromatic rings. The van der Waals surface area contributed by atoms with Crippen LogP contribution >= 0.6 is 0 Å². The molecule has 0 aliphatic heterocycles. The second-order valence-corrected chi connectivity index (χ2v) is 4.44. The van der Waals surface area contributed by atoms with Gasteiger partial charge in [0, 0.05) is 19.2 Å². The van der Waals surface area contributed by atoms with Crippen molar-refractivity contribution in [1.29, 1.82) is 0 Å². The maximum atomic E-state index is 6.05. The molecular formula is C15H25NO3. The summed E-state index contributed by atoms with van der Waals surface area (Å²) in [5.41, 5.74) is 1.06. The van der Waals surface area contributed by atoms with Gasteiger partial charge in [0.2, 0.25) is 0 Å². The summed E-state index contributed by atoms with van der Waals surface area (Å²) in [5, 5.41) is 3.32. The molecule has 1 N–H and O–H groups in total. The quantitative estimate of drug-likeness (QED) is 0.746. The Balaban J connectivity index is 2.82. The zero-order valence-electron chi connectivity index (χ0n) is 12.3. The molecule has 1 rings (SSSR count). The lowest BCUT2D eigenvalue weighted by Gasteiger charge is -2.24. The van der Waals surface area contributed by atoms with Crippen molar-refractivity contribution in [2.75, 3.05) is 33.9 Å². The van der Waals surface area contributed by atoms with Crippen molar-refractivity contribution >= 4 is 0 Å². The lowest BCUT2D eigenvalue weighted by molar-refractivity contribution is -0.0399. The standard InChI is InChI=1S/C15H25NO3/c1-5-16-10-15(19-12(2)11-17-3)13-8-6-7-9-14(13)18-4/h6-9,12,15-16H,5,10-11H2,1-4H3. The lowest BCUT2D eigenvalue weighted by atomic mass is 10.1. The Kier molecular flexibility index (Phi) is 7.48. The summed E-state index contributed by atoms with van der Waals surface area (Å²) in [7, 11) is 3.37. The maximum Gasteiger partial charge on any atom is 0.124 e. The summed E-state index contributed by atoms with van der Waals surface area (Å²) >= 11 is 0. The van der Waals surface area contributed by atoms with E-state index in [0.717, 1.165) is 24.4 Å². The van der Waals surface area contributed by atoms with E-state index in [2.05, 4.69) is 12.2 Å². The molecule has 108 valence electrons. The first-order valence-electron chi connectivity index (χ1n) is 6.70. The highest BCUT2D eigenvalue weighted by Gasteiger charge is 2.18. The van der Waals surface area contributed by atoms with Crippen LogP contribution in [0.4, 0.5) is 0 Å². The molecule has 0 saturated carbocycles. The average Bonchev–Trinajstić information content (AvgIpc) is 2.43. The van der Waals surface area contributed by atoms with Crippen molar-refractivity contribution in [3.8, 4) is 5.75 Å². The van der Waals surface area contributed by atoms with Crippen LogP contribution in [0.1, 0.15) is 25.5 Å². The zero-order chi connectivity index (χ0) is 14.1. The summed E-state index contributed by atoms with van der Waals surface area (Å²) in [6, 6.07) is 7.96. The van der Waals surface area contributed by atoms with Crippen molar-refractivity contribution < 1.29 is 14.2 Å². The minimum absolute atomic E-state index is 0.0403. The Labute approximate surface area is 116 Å². The van der Waals surface area contributed by atoms with Crippen molar-refractivity contribution in [3.63, 3.8) is 0 Å². The molecule has 0 spiro atoms. The first kappa shape index (κ1) is 16.0. The Morgan fingerprint density at radius 2 is 1.95 bits per heavy atom. The van der Waals surface area contributed by atoms with Gasteiger partial charge in [-0.25, -0.2) is 0 Å². The molecule has 19 heavy (non-hydrogen) atoms. The van der Waals surface area contributed by atoms with Crippen molar-refractivity contribution in [2.24, 2.45) is 0 Å². The molecule has 0 radical (unpaired) electrons. The first-order valence-corrected chi connectivity index (χ1v) is 6.70. The third-order valence-corrected chi connectivity index (χ3v) is 2.86. The summed E-state index contributed by atoms with van der Waals surface area (Å²) in [6.45, 7) is 6.34. The van der Waals surface area contributed by atoms with Crippen LogP contribution in [0.15, 0.2) is 24.3 Å². The van der Waals surface area contributed by atoms with E-state index in [1.54, 1.807) is 14.2 Å². The van der Waals surface area contributed by atoms with Gasteiger partial charge in [-0.2, -0.15) is 0 Å². The molecule has 0 aliphatic carbocycles. The summed E-state index contributed by atoms with van der Waals surface area (Å²) in [5.74, 6) is 0.856. The minimum atomic E-state index is -0.0405. The number of benzene rings is 1. The highest BCUT2D eigenvalue weighted by atomic mass is 16.5. The predicted octanol–water partition coefficient (Wildman–Crippen LogP) is 2.40. The molecule has 0 saturated heterocycles. The molecule has 0 fully saturated rings. The first-order chi connectivity index (χ1) is 9.22. The number of para-hydroxylation sites is 1. The predicted molar refractivity (Wildman–Crippen MR) is 76.7 cm³/mol. The van der Waals surface area contributed by atoms with Crippen molar-refractivity contribution in [3.05, 3.63) is 29.8 Å². The van der Waals surface area contributed by atoms with Crippen LogP contribution in [-0.2, 0) is 9.47 Å². The minimum Gasteiger partial charge on any atom is -0.496 e. The van der Waals surface area contributed by atoms with Gasteiger partial charge in [0.05, 0.1) is 25.9 Å². The van der Waals surface area contributed by atoms with Gasteiger partial charge in [-0.3, -0.25) is 0 Å². The molecule has 2 atom stereocenters. The monoisotopic (exact) mass is 267 g/mol. The number of likely N-dealkylation sites (N-methyl/N-ethyl adjacent to an activating group) is 1. The highest BCUT2D eigenvalue weighted by Crippen LogP contribution is 2.28. The SMILES string of the molecule is CCNCC(OC(C)COC)c1ccccc1OC. The van der Waals surface area contributed by atoms with E-state index in [9.17, 15) is 0 Å². The Hall–Kier alpha value is -1.10. The second kappa shape index (κ2) is 8.91. The molecule has 0 aromatic heterocycles. The Morgan fingerprint density at radius 1 is 1.21 bits per heavy atom. The molecule has 0 aliphatic rings. The number of methoxy groups -OCH3 is 2. The normalized spacial score (nSPS) is 14.1. The van der Waals surface area contributed by atoms with E-state index >= 15 is 0 Å². The third kappa shape index (κ3) is 5.19. The fraction of sp³-hybridized carbons (Fsp3) is 0.600. The van der Waals surface area contributed by atoms with Crippen molar-refractivity contribution in [2.45, 2.75) is 26.1 Å². The van der Waals surface area contributed by atoms with Gasteiger partial charge >= 0.3 is 0 Å². The fourth-order valence-electron chi connectivity index (χ4n) is 1.99. The molecule has 4 heteroatoms.